The molecule has 0 fully saturated rings. The molecular formula is C15H24ClNO3. The van der Waals surface area contributed by atoms with Gasteiger partial charge in [-0.2, -0.15) is 0 Å². The lowest BCUT2D eigenvalue weighted by Crippen LogP contribution is -2.42. The third kappa shape index (κ3) is 8.38. The molecule has 0 spiro atoms. The van der Waals surface area contributed by atoms with E-state index >= 15 is 0 Å². The summed E-state index contributed by atoms with van der Waals surface area (Å²) in [6, 6.07) is 7.17. The maximum absolute atomic E-state index is 9.72. The zero-order valence-electron chi connectivity index (χ0n) is 12.4. The van der Waals surface area contributed by atoms with Gasteiger partial charge in [-0.25, -0.2) is 0 Å². The first-order chi connectivity index (χ1) is 9.37. The number of hydrogen-bond acceptors (Lipinski definition) is 4. The Morgan fingerprint density at radius 1 is 1.20 bits per heavy atom. The fourth-order valence-corrected chi connectivity index (χ4v) is 1.58. The molecule has 114 valence electrons. The first kappa shape index (κ1) is 17.2. The molecule has 1 rings (SSSR count). The van der Waals surface area contributed by atoms with Crippen molar-refractivity contribution in [2.75, 3.05) is 26.4 Å². The van der Waals surface area contributed by atoms with Gasteiger partial charge in [0.25, 0.3) is 0 Å². The highest BCUT2D eigenvalue weighted by Gasteiger charge is 2.11. The van der Waals surface area contributed by atoms with Crippen molar-refractivity contribution in [1.29, 1.82) is 0 Å². The summed E-state index contributed by atoms with van der Waals surface area (Å²) in [6.07, 6.45) is -0.509. The lowest BCUT2D eigenvalue weighted by Gasteiger charge is -2.22. The van der Waals surface area contributed by atoms with Crippen molar-refractivity contribution in [3.05, 3.63) is 29.3 Å². The molecule has 0 saturated carbocycles. The molecule has 0 amide bonds. The van der Waals surface area contributed by atoms with Crippen LogP contribution in [0.1, 0.15) is 20.8 Å². The molecule has 1 aromatic rings. The Balaban J connectivity index is 2.05. The molecule has 0 aliphatic rings. The van der Waals surface area contributed by atoms with Gasteiger partial charge in [0.05, 0.1) is 19.3 Å². The predicted octanol–water partition coefficient (Wildman–Crippen LogP) is 2.48. The largest absolute Gasteiger partial charge is 0.491 e. The second kappa shape index (κ2) is 8.47. The Morgan fingerprint density at radius 3 is 2.45 bits per heavy atom. The van der Waals surface area contributed by atoms with Gasteiger partial charge in [-0.05, 0) is 45.0 Å². The number of halogens is 1. The van der Waals surface area contributed by atoms with Crippen molar-refractivity contribution in [3.8, 4) is 5.75 Å². The van der Waals surface area contributed by atoms with Crippen molar-refractivity contribution < 1.29 is 14.6 Å². The number of ether oxygens (including phenoxy) is 2. The molecule has 4 nitrogen and oxygen atoms in total. The monoisotopic (exact) mass is 301 g/mol. The van der Waals surface area contributed by atoms with E-state index in [-0.39, 0.29) is 5.54 Å². The molecule has 0 aromatic heterocycles. The minimum atomic E-state index is -0.509. The van der Waals surface area contributed by atoms with Crippen molar-refractivity contribution in [2.45, 2.75) is 32.4 Å². The number of aliphatic hydroxyl groups excluding tert-OH is 1. The molecule has 2 N–H and O–H groups in total. The number of hydrogen-bond donors (Lipinski definition) is 2. The predicted molar refractivity (Wildman–Crippen MR) is 81.5 cm³/mol. The molecular weight excluding hydrogens is 278 g/mol. The topological polar surface area (TPSA) is 50.7 Å². The van der Waals surface area contributed by atoms with Crippen LogP contribution in [0.3, 0.4) is 0 Å². The van der Waals surface area contributed by atoms with Crippen LogP contribution in [0.25, 0.3) is 0 Å². The van der Waals surface area contributed by atoms with Gasteiger partial charge in [0.2, 0.25) is 0 Å². The number of aliphatic hydroxyl groups is 1. The summed E-state index contributed by atoms with van der Waals surface area (Å²) in [6.45, 7) is 7.87. The molecule has 5 heteroatoms. The van der Waals surface area contributed by atoms with E-state index in [0.29, 0.717) is 31.4 Å². The summed E-state index contributed by atoms with van der Waals surface area (Å²) in [5.41, 5.74) is -0.00132. The SMILES string of the molecule is CC(C)(C)NCC(O)COCCOc1ccc(Cl)cc1. The number of β-amino-alcohol motifs (C(OH)–C–C–N with tert-alkyl or cyclic N) is 1. The average Bonchev–Trinajstić information content (AvgIpc) is 2.37. The van der Waals surface area contributed by atoms with E-state index < -0.39 is 6.10 Å². The summed E-state index contributed by atoms with van der Waals surface area (Å²) in [5.74, 6) is 0.757. The van der Waals surface area contributed by atoms with E-state index in [1.807, 2.05) is 12.1 Å². The Morgan fingerprint density at radius 2 is 1.85 bits per heavy atom. The zero-order valence-corrected chi connectivity index (χ0v) is 13.1. The highest BCUT2D eigenvalue weighted by molar-refractivity contribution is 6.30. The van der Waals surface area contributed by atoms with E-state index in [9.17, 15) is 5.11 Å². The standard InChI is InChI=1S/C15H24ClNO3/c1-15(2,3)17-10-13(18)11-19-8-9-20-14-6-4-12(16)5-7-14/h4-7,13,17-18H,8-11H2,1-3H3. The summed E-state index contributed by atoms with van der Waals surface area (Å²) in [5, 5.41) is 13.6. The number of rotatable bonds is 8. The normalized spacial score (nSPS) is 13.2. The van der Waals surface area contributed by atoms with Gasteiger partial charge in [-0.15, -0.1) is 0 Å². The summed E-state index contributed by atoms with van der Waals surface area (Å²) < 4.78 is 10.8. The Bertz CT molecular complexity index is 376. The first-order valence-electron chi connectivity index (χ1n) is 6.76. The second-order valence-electron chi connectivity index (χ2n) is 5.66. The van der Waals surface area contributed by atoms with Gasteiger partial charge in [-0.3, -0.25) is 0 Å². The zero-order chi connectivity index (χ0) is 15.0. The van der Waals surface area contributed by atoms with Crippen LogP contribution in [-0.4, -0.2) is 43.1 Å². The average molecular weight is 302 g/mol. The fourth-order valence-electron chi connectivity index (χ4n) is 1.45. The maximum atomic E-state index is 9.72. The number of benzene rings is 1. The quantitative estimate of drug-likeness (QED) is 0.724. The maximum Gasteiger partial charge on any atom is 0.119 e. The van der Waals surface area contributed by atoms with Gasteiger partial charge < -0.3 is 19.9 Å². The highest BCUT2D eigenvalue weighted by atomic mass is 35.5. The van der Waals surface area contributed by atoms with Crippen molar-refractivity contribution in [3.63, 3.8) is 0 Å². The lowest BCUT2D eigenvalue weighted by molar-refractivity contribution is 0.0227. The smallest absolute Gasteiger partial charge is 0.119 e. The minimum Gasteiger partial charge on any atom is -0.491 e. The van der Waals surface area contributed by atoms with Gasteiger partial charge in [0.15, 0.2) is 0 Å². The van der Waals surface area contributed by atoms with Crippen LogP contribution in [0.4, 0.5) is 0 Å². The van der Waals surface area contributed by atoms with Crippen LogP contribution in [0.5, 0.6) is 5.75 Å². The summed E-state index contributed by atoms with van der Waals surface area (Å²) in [7, 11) is 0. The van der Waals surface area contributed by atoms with Crippen molar-refractivity contribution >= 4 is 11.6 Å². The minimum absolute atomic E-state index is 0.00132. The third-order valence-corrected chi connectivity index (χ3v) is 2.74. The summed E-state index contributed by atoms with van der Waals surface area (Å²) in [4.78, 5) is 0. The van der Waals surface area contributed by atoms with Crippen LogP contribution in [-0.2, 0) is 4.74 Å². The Kier molecular flexibility index (Phi) is 7.30. The van der Waals surface area contributed by atoms with Gasteiger partial charge in [0, 0.05) is 17.1 Å². The molecule has 1 aromatic carbocycles. The van der Waals surface area contributed by atoms with Gasteiger partial charge in [0.1, 0.15) is 12.4 Å². The first-order valence-corrected chi connectivity index (χ1v) is 7.14. The van der Waals surface area contributed by atoms with Crippen LogP contribution >= 0.6 is 11.6 Å². The number of nitrogens with one attached hydrogen (secondary N) is 1. The second-order valence-corrected chi connectivity index (χ2v) is 6.10. The van der Waals surface area contributed by atoms with Crippen LogP contribution < -0.4 is 10.1 Å². The molecule has 0 saturated heterocycles. The van der Waals surface area contributed by atoms with E-state index in [1.165, 1.54) is 0 Å². The molecule has 1 atom stereocenters. The Hall–Kier alpha value is -0.810. The van der Waals surface area contributed by atoms with Crippen LogP contribution in [0, 0.1) is 0 Å². The van der Waals surface area contributed by atoms with Gasteiger partial charge in [-0.1, -0.05) is 11.6 Å². The van der Waals surface area contributed by atoms with E-state index in [1.54, 1.807) is 12.1 Å². The molecule has 0 aliphatic heterocycles. The molecule has 0 bridgehead atoms. The van der Waals surface area contributed by atoms with Gasteiger partial charge >= 0.3 is 0 Å². The summed E-state index contributed by atoms with van der Waals surface area (Å²) >= 11 is 5.78. The van der Waals surface area contributed by atoms with Crippen molar-refractivity contribution in [1.82, 2.24) is 5.32 Å². The van der Waals surface area contributed by atoms with Crippen LogP contribution in [0.2, 0.25) is 5.02 Å². The molecule has 0 heterocycles. The fraction of sp³-hybridized carbons (Fsp3) is 0.600. The van der Waals surface area contributed by atoms with E-state index in [2.05, 4.69) is 26.1 Å². The third-order valence-electron chi connectivity index (χ3n) is 2.49. The molecule has 20 heavy (non-hydrogen) atoms. The van der Waals surface area contributed by atoms with Crippen molar-refractivity contribution in [2.24, 2.45) is 0 Å². The Labute approximate surface area is 126 Å². The van der Waals surface area contributed by atoms with E-state index in [0.717, 1.165) is 5.75 Å². The van der Waals surface area contributed by atoms with Crippen LogP contribution in [0.15, 0.2) is 24.3 Å². The van der Waals surface area contributed by atoms with E-state index in [4.69, 9.17) is 21.1 Å². The lowest BCUT2D eigenvalue weighted by atomic mass is 10.1. The molecule has 0 aliphatic carbocycles. The highest BCUT2D eigenvalue weighted by Crippen LogP contribution is 2.15. The molecule has 1 unspecified atom stereocenters. The molecule has 0 radical (unpaired) electrons.